The van der Waals surface area contributed by atoms with E-state index in [-0.39, 0.29) is 0 Å². The highest BCUT2D eigenvalue weighted by Gasteiger charge is 2.12. The molecule has 0 amide bonds. The smallest absolute Gasteiger partial charge is 0.124 e. The number of hydrogen-bond acceptors (Lipinski definition) is 2. The van der Waals surface area contributed by atoms with Gasteiger partial charge in [-0.1, -0.05) is 29.8 Å². The number of aliphatic hydroxyl groups excluding tert-OH is 1. The van der Waals surface area contributed by atoms with E-state index < -0.39 is 6.10 Å². The number of aliphatic hydroxyl groups is 1. The standard InChI is InChI=1S/C18H22O2/c1-12-6-5-7-15(8-12)11-17(19)16-9-13(2)18(20-4)14(3)10-16/h5-10,17,19H,11H2,1-4H3. The first-order valence-corrected chi connectivity index (χ1v) is 6.90. The minimum atomic E-state index is -0.486. The lowest BCUT2D eigenvalue weighted by atomic mass is 9.97. The van der Waals surface area contributed by atoms with Gasteiger partial charge in [0.2, 0.25) is 0 Å². The van der Waals surface area contributed by atoms with Crippen LogP contribution in [0.4, 0.5) is 0 Å². The fraction of sp³-hybridized carbons (Fsp3) is 0.333. The van der Waals surface area contributed by atoms with Crippen molar-refractivity contribution in [1.29, 1.82) is 0 Å². The number of ether oxygens (including phenoxy) is 1. The normalized spacial score (nSPS) is 12.2. The molecule has 0 radical (unpaired) electrons. The van der Waals surface area contributed by atoms with E-state index in [1.54, 1.807) is 7.11 Å². The van der Waals surface area contributed by atoms with Gasteiger partial charge in [0.1, 0.15) is 5.75 Å². The van der Waals surface area contributed by atoms with Crippen molar-refractivity contribution in [1.82, 2.24) is 0 Å². The van der Waals surface area contributed by atoms with Gasteiger partial charge in [-0.2, -0.15) is 0 Å². The van der Waals surface area contributed by atoms with Gasteiger partial charge in [-0.25, -0.2) is 0 Å². The summed E-state index contributed by atoms with van der Waals surface area (Å²) in [7, 11) is 1.68. The molecule has 1 atom stereocenters. The van der Waals surface area contributed by atoms with Crippen LogP contribution in [0.3, 0.4) is 0 Å². The minimum Gasteiger partial charge on any atom is -0.496 e. The van der Waals surface area contributed by atoms with E-state index in [9.17, 15) is 5.11 Å². The van der Waals surface area contributed by atoms with Crippen molar-refractivity contribution in [3.63, 3.8) is 0 Å². The molecule has 0 aromatic heterocycles. The first kappa shape index (κ1) is 14.6. The Balaban J connectivity index is 2.23. The monoisotopic (exact) mass is 270 g/mol. The zero-order valence-electron chi connectivity index (χ0n) is 12.6. The molecule has 1 N–H and O–H groups in total. The molecule has 20 heavy (non-hydrogen) atoms. The Morgan fingerprint density at radius 2 is 1.70 bits per heavy atom. The highest BCUT2D eigenvalue weighted by atomic mass is 16.5. The van der Waals surface area contributed by atoms with E-state index in [1.807, 2.05) is 32.0 Å². The predicted octanol–water partition coefficient (Wildman–Crippen LogP) is 3.90. The molecule has 106 valence electrons. The molecule has 0 aliphatic rings. The Morgan fingerprint density at radius 1 is 1.05 bits per heavy atom. The van der Waals surface area contributed by atoms with Gasteiger partial charge in [0.05, 0.1) is 13.2 Å². The van der Waals surface area contributed by atoms with Gasteiger partial charge in [-0.3, -0.25) is 0 Å². The average Bonchev–Trinajstić information content (AvgIpc) is 2.38. The first-order valence-electron chi connectivity index (χ1n) is 6.90. The average molecular weight is 270 g/mol. The summed E-state index contributed by atoms with van der Waals surface area (Å²) in [5.74, 6) is 0.900. The summed E-state index contributed by atoms with van der Waals surface area (Å²) < 4.78 is 5.36. The summed E-state index contributed by atoms with van der Waals surface area (Å²) in [6.45, 7) is 6.08. The fourth-order valence-electron chi connectivity index (χ4n) is 2.68. The Labute approximate surface area is 121 Å². The maximum atomic E-state index is 10.4. The second-order valence-electron chi connectivity index (χ2n) is 5.40. The molecule has 2 heteroatoms. The number of aryl methyl sites for hydroxylation is 3. The molecule has 0 saturated carbocycles. The third-order valence-corrected chi connectivity index (χ3v) is 3.58. The van der Waals surface area contributed by atoms with Crippen LogP contribution in [0.5, 0.6) is 5.75 Å². The van der Waals surface area contributed by atoms with Crippen LogP contribution >= 0.6 is 0 Å². The second-order valence-corrected chi connectivity index (χ2v) is 5.40. The Kier molecular flexibility index (Phi) is 4.46. The second kappa shape index (κ2) is 6.10. The van der Waals surface area contributed by atoms with Crippen molar-refractivity contribution in [2.45, 2.75) is 33.3 Å². The number of methoxy groups -OCH3 is 1. The molecule has 2 aromatic carbocycles. The van der Waals surface area contributed by atoms with Gasteiger partial charge >= 0.3 is 0 Å². The van der Waals surface area contributed by atoms with E-state index in [2.05, 4.69) is 25.1 Å². The zero-order valence-corrected chi connectivity index (χ0v) is 12.6. The van der Waals surface area contributed by atoms with Crippen molar-refractivity contribution in [2.24, 2.45) is 0 Å². The van der Waals surface area contributed by atoms with Crippen molar-refractivity contribution in [3.05, 3.63) is 64.2 Å². The summed E-state index contributed by atoms with van der Waals surface area (Å²) in [6, 6.07) is 12.3. The molecule has 1 unspecified atom stereocenters. The lowest BCUT2D eigenvalue weighted by Crippen LogP contribution is -2.04. The number of hydrogen-bond donors (Lipinski definition) is 1. The highest BCUT2D eigenvalue weighted by Crippen LogP contribution is 2.28. The van der Waals surface area contributed by atoms with Gasteiger partial charge in [-0.05, 0) is 55.2 Å². The summed E-state index contributed by atoms with van der Waals surface area (Å²) in [5, 5.41) is 10.4. The van der Waals surface area contributed by atoms with Crippen LogP contribution in [0.15, 0.2) is 36.4 Å². The van der Waals surface area contributed by atoms with Gasteiger partial charge in [0.25, 0.3) is 0 Å². The van der Waals surface area contributed by atoms with Gasteiger partial charge in [0, 0.05) is 6.42 Å². The zero-order chi connectivity index (χ0) is 14.7. The van der Waals surface area contributed by atoms with Crippen LogP contribution in [0.2, 0.25) is 0 Å². The topological polar surface area (TPSA) is 29.5 Å². The molecule has 2 rings (SSSR count). The minimum absolute atomic E-state index is 0.486. The van der Waals surface area contributed by atoms with Crippen LogP contribution in [-0.4, -0.2) is 12.2 Å². The summed E-state index contributed by atoms with van der Waals surface area (Å²) >= 11 is 0. The summed E-state index contributed by atoms with van der Waals surface area (Å²) in [4.78, 5) is 0. The van der Waals surface area contributed by atoms with E-state index in [1.165, 1.54) is 5.56 Å². The van der Waals surface area contributed by atoms with Gasteiger partial charge in [0.15, 0.2) is 0 Å². The van der Waals surface area contributed by atoms with Crippen molar-refractivity contribution in [2.75, 3.05) is 7.11 Å². The summed E-state index contributed by atoms with van der Waals surface area (Å²) in [5.41, 5.74) is 5.44. The van der Waals surface area contributed by atoms with E-state index in [0.717, 1.165) is 28.0 Å². The predicted molar refractivity (Wildman–Crippen MR) is 82.3 cm³/mol. The molecule has 0 aliphatic carbocycles. The fourth-order valence-corrected chi connectivity index (χ4v) is 2.68. The molecule has 0 fully saturated rings. The molecule has 0 bridgehead atoms. The number of benzene rings is 2. The summed E-state index contributed by atoms with van der Waals surface area (Å²) in [6.07, 6.45) is 0.146. The van der Waals surface area contributed by atoms with Crippen LogP contribution in [-0.2, 0) is 6.42 Å². The molecule has 0 aliphatic heterocycles. The van der Waals surface area contributed by atoms with Crippen LogP contribution in [0.1, 0.15) is 33.9 Å². The molecule has 2 nitrogen and oxygen atoms in total. The third-order valence-electron chi connectivity index (χ3n) is 3.58. The largest absolute Gasteiger partial charge is 0.496 e. The van der Waals surface area contributed by atoms with Crippen LogP contribution in [0.25, 0.3) is 0 Å². The molecule has 2 aromatic rings. The van der Waals surface area contributed by atoms with E-state index >= 15 is 0 Å². The Hall–Kier alpha value is -1.80. The highest BCUT2D eigenvalue weighted by molar-refractivity contribution is 5.44. The lowest BCUT2D eigenvalue weighted by molar-refractivity contribution is 0.178. The molecule has 0 saturated heterocycles. The van der Waals surface area contributed by atoms with E-state index in [4.69, 9.17) is 4.74 Å². The van der Waals surface area contributed by atoms with Crippen LogP contribution < -0.4 is 4.74 Å². The lowest BCUT2D eigenvalue weighted by Gasteiger charge is -2.16. The van der Waals surface area contributed by atoms with Crippen molar-refractivity contribution in [3.8, 4) is 5.75 Å². The van der Waals surface area contributed by atoms with Crippen LogP contribution in [0, 0.1) is 20.8 Å². The molecule has 0 spiro atoms. The molecule has 0 heterocycles. The third kappa shape index (κ3) is 3.20. The maximum absolute atomic E-state index is 10.4. The first-order chi connectivity index (χ1) is 9.51. The Bertz CT molecular complexity index is 579. The maximum Gasteiger partial charge on any atom is 0.124 e. The van der Waals surface area contributed by atoms with E-state index in [0.29, 0.717) is 6.42 Å². The Morgan fingerprint density at radius 3 is 2.25 bits per heavy atom. The van der Waals surface area contributed by atoms with Gasteiger partial charge < -0.3 is 9.84 Å². The number of rotatable bonds is 4. The van der Waals surface area contributed by atoms with Crippen molar-refractivity contribution >= 4 is 0 Å². The quantitative estimate of drug-likeness (QED) is 0.913. The molecular weight excluding hydrogens is 248 g/mol. The van der Waals surface area contributed by atoms with Gasteiger partial charge in [-0.15, -0.1) is 0 Å². The van der Waals surface area contributed by atoms with Crippen molar-refractivity contribution < 1.29 is 9.84 Å². The SMILES string of the molecule is COc1c(C)cc(C(O)Cc2cccc(C)c2)cc1C. The molecular formula is C18H22O2.